The lowest BCUT2D eigenvalue weighted by Crippen LogP contribution is -2.47. The number of amides is 3. The number of esters is 1. The first-order valence-corrected chi connectivity index (χ1v) is 9.10. The Kier molecular flexibility index (Phi) is 8.02. The van der Waals surface area contributed by atoms with E-state index in [0.717, 1.165) is 11.1 Å². The summed E-state index contributed by atoms with van der Waals surface area (Å²) >= 11 is 0. The van der Waals surface area contributed by atoms with E-state index in [1.807, 2.05) is 42.5 Å². The lowest BCUT2D eigenvalue weighted by Gasteiger charge is -2.20. The molecule has 0 aliphatic carbocycles. The Labute approximate surface area is 169 Å². The van der Waals surface area contributed by atoms with Crippen molar-refractivity contribution < 1.29 is 23.9 Å². The minimum Gasteiger partial charge on any atom is -0.497 e. The fraction of sp³-hybridized carbons (Fsp3) is 0.286. The highest BCUT2D eigenvalue weighted by Crippen LogP contribution is 2.11. The second-order valence-corrected chi connectivity index (χ2v) is 6.40. The summed E-state index contributed by atoms with van der Waals surface area (Å²) in [5.74, 6) is -0.472. The predicted molar refractivity (Wildman–Crippen MR) is 107 cm³/mol. The van der Waals surface area contributed by atoms with Crippen LogP contribution in [-0.2, 0) is 27.3 Å². The largest absolute Gasteiger partial charge is 0.497 e. The van der Waals surface area contributed by atoms with E-state index in [-0.39, 0.29) is 13.0 Å². The first-order valence-electron chi connectivity index (χ1n) is 9.10. The quantitative estimate of drug-likeness (QED) is 0.552. The summed E-state index contributed by atoms with van der Waals surface area (Å²) in [4.78, 5) is 36.0. The zero-order chi connectivity index (χ0) is 21.2. The van der Waals surface area contributed by atoms with Gasteiger partial charge in [-0.05, 0) is 30.2 Å². The van der Waals surface area contributed by atoms with Gasteiger partial charge in [0.05, 0.1) is 7.11 Å². The van der Waals surface area contributed by atoms with Gasteiger partial charge >= 0.3 is 12.0 Å². The molecule has 0 heterocycles. The molecule has 0 saturated carbocycles. The van der Waals surface area contributed by atoms with Crippen molar-refractivity contribution in [1.29, 1.82) is 0 Å². The summed E-state index contributed by atoms with van der Waals surface area (Å²) in [6, 6.07) is 14.5. The number of primary amides is 1. The van der Waals surface area contributed by atoms with Gasteiger partial charge in [-0.1, -0.05) is 42.5 Å². The topological polar surface area (TPSA) is 120 Å². The molecule has 2 aromatic rings. The van der Waals surface area contributed by atoms with Gasteiger partial charge in [0.2, 0.25) is 0 Å². The molecule has 2 aromatic carbocycles. The van der Waals surface area contributed by atoms with Crippen LogP contribution < -0.4 is 21.1 Å². The summed E-state index contributed by atoms with van der Waals surface area (Å²) in [5, 5.41) is 5.06. The molecular weight excluding hydrogens is 374 g/mol. The third kappa shape index (κ3) is 7.17. The lowest BCUT2D eigenvalue weighted by molar-refractivity contribution is -0.156. The number of ether oxygens (including phenoxy) is 2. The molecule has 154 valence electrons. The molecule has 0 radical (unpaired) electrons. The average molecular weight is 399 g/mol. The van der Waals surface area contributed by atoms with Crippen LogP contribution in [0.15, 0.2) is 54.6 Å². The zero-order valence-corrected chi connectivity index (χ0v) is 16.4. The van der Waals surface area contributed by atoms with Crippen LogP contribution >= 0.6 is 0 Å². The molecule has 0 unspecified atom stereocenters. The van der Waals surface area contributed by atoms with E-state index < -0.39 is 30.1 Å². The number of carbonyl (C=O) groups is 3. The number of hydrogen-bond donors (Lipinski definition) is 3. The molecule has 4 N–H and O–H groups in total. The molecule has 0 aliphatic heterocycles. The average Bonchev–Trinajstić information content (AvgIpc) is 2.72. The van der Waals surface area contributed by atoms with E-state index in [4.69, 9.17) is 15.2 Å². The van der Waals surface area contributed by atoms with Gasteiger partial charge in [-0.15, -0.1) is 0 Å². The standard InChI is InChI=1S/C21H25N3O5/c1-14(19(25)23-13-16-8-10-17(28-2)11-9-16)29-20(26)18(24-21(22)27)12-15-6-4-3-5-7-15/h3-11,14,18H,12-13H2,1-2H3,(H,23,25)(H3,22,24,27)/t14-,18+/m1/s1. The second kappa shape index (κ2) is 10.7. The van der Waals surface area contributed by atoms with Crippen molar-refractivity contribution >= 4 is 17.9 Å². The Hall–Kier alpha value is -3.55. The maximum atomic E-state index is 12.5. The van der Waals surface area contributed by atoms with E-state index in [2.05, 4.69) is 10.6 Å². The van der Waals surface area contributed by atoms with Gasteiger partial charge in [0, 0.05) is 13.0 Å². The summed E-state index contributed by atoms with van der Waals surface area (Å²) in [5.41, 5.74) is 6.85. The van der Waals surface area contributed by atoms with Crippen molar-refractivity contribution in [3.8, 4) is 5.75 Å². The van der Waals surface area contributed by atoms with Crippen LogP contribution in [-0.4, -0.2) is 37.2 Å². The molecule has 3 amide bonds. The number of carbonyl (C=O) groups excluding carboxylic acids is 3. The summed E-state index contributed by atoms with van der Waals surface area (Å²) in [7, 11) is 1.57. The fourth-order valence-electron chi connectivity index (χ4n) is 2.60. The van der Waals surface area contributed by atoms with E-state index >= 15 is 0 Å². The molecule has 2 atom stereocenters. The molecule has 8 nitrogen and oxygen atoms in total. The number of urea groups is 1. The predicted octanol–water partition coefficient (Wildman–Crippen LogP) is 1.52. The Morgan fingerprint density at radius 3 is 2.24 bits per heavy atom. The van der Waals surface area contributed by atoms with Crippen LogP contribution in [0.3, 0.4) is 0 Å². The fourth-order valence-corrected chi connectivity index (χ4v) is 2.60. The van der Waals surface area contributed by atoms with Crippen LogP contribution in [0.1, 0.15) is 18.1 Å². The van der Waals surface area contributed by atoms with Crippen LogP contribution in [0, 0.1) is 0 Å². The number of methoxy groups -OCH3 is 1. The van der Waals surface area contributed by atoms with Crippen molar-refractivity contribution in [3.05, 3.63) is 65.7 Å². The highest BCUT2D eigenvalue weighted by Gasteiger charge is 2.26. The van der Waals surface area contributed by atoms with E-state index in [9.17, 15) is 14.4 Å². The molecular formula is C21H25N3O5. The van der Waals surface area contributed by atoms with E-state index in [1.165, 1.54) is 6.92 Å². The third-order valence-electron chi connectivity index (χ3n) is 4.17. The molecule has 0 spiro atoms. The zero-order valence-electron chi connectivity index (χ0n) is 16.4. The van der Waals surface area contributed by atoms with E-state index in [0.29, 0.717) is 5.75 Å². The smallest absolute Gasteiger partial charge is 0.329 e. The minimum absolute atomic E-state index is 0.197. The number of benzene rings is 2. The van der Waals surface area contributed by atoms with Crippen LogP contribution in [0.4, 0.5) is 4.79 Å². The number of nitrogens with two attached hydrogens (primary N) is 1. The van der Waals surface area contributed by atoms with E-state index in [1.54, 1.807) is 19.2 Å². The van der Waals surface area contributed by atoms with Crippen molar-refractivity contribution in [2.24, 2.45) is 5.73 Å². The summed E-state index contributed by atoms with van der Waals surface area (Å²) < 4.78 is 10.3. The molecule has 29 heavy (non-hydrogen) atoms. The number of rotatable bonds is 9. The molecule has 0 aromatic heterocycles. The Balaban J connectivity index is 1.90. The molecule has 0 bridgehead atoms. The van der Waals surface area contributed by atoms with Gasteiger partial charge in [-0.25, -0.2) is 9.59 Å². The Bertz CT molecular complexity index is 824. The van der Waals surface area contributed by atoms with Crippen LogP contribution in [0.25, 0.3) is 0 Å². The monoisotopic (exact) mass is 399 g/mol. The Morgan fingerprint density at radius 1 is 1.00 bits per heavy atom. The van der Waals surface area contributed by atoms with Gasteiger partial charge in [0.25, 0.3) is 5.91 Å². The van der Waals surface area contributed by atoms with Gasteiger partial charge in [0.15, 0.2) is 6.10 Å². The maximum Gasteiger partial charge on any atom is 0.329 e. The lowest BCUT2D eigenvalue weighted by atomic mass is 10.1. The summed E-state index contributed by atoms with van der Waals surface area (Å²) in [6.45, 7) is 1.74. The molecule has 8 heteroatoms. The summed E-state index contributed by atoms with van der Waals surface area (Å²) in [6.07, 6.45) is -0.836. The maximum absolute atomic E-state index is 12.5. The Morgan fingerprint density at radius 2 is 1.66 bits per heavy atom. The van der Waals surface area contributed by atoms with Crippen molar-refractivity contribution in [3.63, 3.8) is 0 Å². The normalized spacial score (nSPS) is 12.3. The number of nitrogens with one attached hydrogen (secondary N) is 2. The van der Waals surface area contributed by atoms with Crippen molar-refractivity contribution in [1.82, 2.24) is 10.6 Å². The molecule has 0 saturated heterocycles. The highest BCUT2D eigenvalue weighted by molar-refractivity contribution is 5.87. The first-order chi connectivity index (χ1) is 13.9. The highest BCUT2D eigenvalue weighted by atomic mass is 16.5. The van der Waals surface area contributed by atoms with Crippen molar-refractivity contribution in [2.45, 2.75) is 32.0 Å². The molecule has 0 fully saturated rings. The van der Waals surface area contributed by atoms with Gasteiger partial charge < -0.3 is 25.8 Å². The van der Waals surface area contributed by atoms with Gasteiger partial charge in [0.1, 0.15) is 11.8 Å². The SMILES string of the molecule is COc1ccc(CNC(=O)[C@@H](C)OC(=O)[C@H](Cc2ccccc2)NC(N)=O)cc1. The van der Waals surface area contributed by atoms with Crippen LogP contribution in [0.2, 0.25) is 0 Å². The van der Waals surface area contributed by atoms with Crippen LogP contribution in [0.5, 0.6) is 5.75 Å². The number of hydrogen-bond acceptors (Lipinski definition) is 5. The van der Waals surface area contributed by atoms with Gasteiger partial charge in [-0.3, -0.25) is 4.79 Å². The first kappa shape index (κ1) is 21.7. The minimum atomic E-state index is -1.03. The van der Waals surface area contributed by atoms with Gasteiger partial charge in [-0.2, -0.15) is 0 Å². The second-order valence-electron chi connectivity index (χ2n) is 6.40. The van der Waals surface area contributed by atoms with Crippen molar-refractivity contribution in [2.75, 3.05) is 7.11 Å². The molecule has 0 aliphatic rings. The molecule has 2 rings (SSSR count). The third-order valence-corrected chi connectivity index (χ3v) is 4.17.